The van der Waals surface area contributed by atoms with E-state index in [0.717, 1.165) is 31.3 Å². The van der Waals surface area contributed by atoms with Crippen LogP contribution >= 0.6 is 0 Å². The van der Waals surface area contributed by atoms with E-state index in [-0.39, 0.29) is 108 Å². The predicted octanol–water partition coefficient (Wildman–Crippen LogP) is 12.0. The molecule has 2 rings (SSSR count). The summed E-state index contributed by atoms with van der Waals surface area (Å²) in [6.07, 6.45) is 16.9. The second-order valence-corrected chi connectivity index (χ2v) is 25.9. The number of nitrogens with two attached hydrogens (primary N) is 2. The maximum absolute atomic E-state index is 12.2. The molecule has 2 heterocycles. The number of allylic oxidation sites excluding steroid dienone is 6. The summed E-state index contributed by atoms with van der Waals surface area (Å²) in [7, 11) is 1.58. The molecule has 0 aromatic carbocycles. The van der Waals surface area contributed by atoms with E-state index < -0.39 is 61.0 Å². The third-order valence-electron chi connectivity index (χ3n) is 18.1. The monoisotopic (exact) mass is 1190 g/mol. The van der Waals surface area contributed by atoms with Crippen molar-refractivity contribution in [2.24, 2.45) is 100 Å². The lowest BCUT2D eigenvalue weighted by molar-refractivity contribution is -0.182. The summed E-state index contributed by atoms with van der Waals surface area (Å²) in [5.74, 6) is -1.21. The van der Waals surface area contributed by atoms with Gasteiger partial charge in [-0.3, -0.25) is 9.59 Å². The van der Waals surface area contributed by atoms with Gasteiger partial charge in [-0.05, 0) is 88.4 Å². The molecule has 0 spiro atoms. The van der Waals surface area contributed by atoms with Crippen molar-refractivity contribution < 1.29 is 68.4 Å². The second kappa shape index (κ2) is 38.8. The number of carbonyl (C=O) groups is 4. The SMILES string of the molecule is CC/C=C\[C@H](C)[C@H](OC(N)=O)[C@@H](C)[C@H](O)[C@@H](C)C/C(C)=C\[C@H](C)[C@@H](C)[C@@H](C)/C=C\[C@@H](O)C[C@@H]1OC(=O)[C@H](C)C[C@H]1C.CC/C=C\[C@H](C)[C@H](OC(N)=O)[C@@H](C)[C@H](O)[C@@H](C)C/C(C)=C\[C@H](C)[C@@H](O)[C@@H](C)/C=C\[C@@H](O)C[C@@H]1OC(=O)[C@H](C)[C@@H](OC)[C@H]1C. The standard InChI is InChI=1S/C34H59NO8.C34H59NO6/c1-11-12-13-21(4)31(43-34(35)40)25(8)30(38)23(6)17-19(2)16-22(5)29(37)20(3)14-15-27(36)18-28-24(7)32(41-10)26(9)33(39)42-28;1-11-12-13-22(4)32(41-34(35)39)28(10)31(37)25(7)17-20(2)16-23(5)27(9)21(3)14-15-29(36)19-30-24(6)18-26(8)33(38)40-30/h12-16,20-32,36-38H,11,17-18H2,1-10H3,(H2,35,40);12-16,21-32,36-37H,11,17-19H2,1-10H3,(H2,35,39)/b13-12-,15-14-,19-16-;13-12-,15-14-,20-16-/t20-,21-,22-,23-,24-,25-,26+,27+,28-,29-,30+,31-,32-;21-,22-,23-,24+,25-,26+,27-,28-,29+,30-,31+,32-/m00/s1. The molecule has 25 atom stereocenters. The number of hydrogen-bond acceptors (Lipinski definition) is 14. The van der Waals surface area contributed by atoms with E-state index in [2.05, 4.69) is 46.8 Å². The van der Waals surface area contributed by atoms with Gasteiger partial charge in [0.25, 0.3) is 0 Å². The molecule has 0 saturated carbocycles. The Bertz CT molecular complexity index is 2140. The fourth-order valence-electron chi connectivity index (χ4n) is 12.3. The number of amides is 2. The topological polar surface area (TPSA) is 268 Å². The lowest BCUT2D eigenvalue weighted by atomic mass is 9.80. The number of aliphatic hydroxyl groups excluding tert-OH is 5. The summed E-state index contributed by atoms with van der Waals surface area (Å²) in [5, 5.41) is 54.5. The molecule has 0 aromatic rings. The Hall–Kier alpha value is -4.32. The van der Waals surface area contributed by atoms with Crippen LogP contribution in [0.5, 0.6) is 0 Å². The van der Waals surface area contributed by atoms with Crippen molar-refractivity contribution in [1.82, 2.24) is 0 Å². The normalized spacial score (nSPS) is 27.5. The minimum Gasteiger partial charge on any atom is -0.462 e. The number of hydrogen-bond donors (Lipinski definition) is 7. The highest BCUT2D eigenvalue weighted by molar-refractivity contribution is 5.74. The van der Waals surface area contributed by atoms with Crippen molar-refractivity contribution in [2.75, 3.05) is 7.11 Å². The summed E-state index contributed by atoms with van der Waals surface area (Å²) in [6.45, 7) is 37.9. The first-order chi connectivity index (χ1) is 39.1. The Balaban J connectivity index is 0.000000841. The molecule has 0 radical (unpaired) electrons. The Morgan fingerprint density at radius 2 is 0.976 bits per heavy atom. The average molecular weight is 1190 g/mol. The quantitative estimate of drug-likeness (QED) is 0.0183. The zero-order chi connectivity index (χ0) is 64.5. The molecule has 2 aliphatic heterocycles. The largest absolute Gasteiger partial charge is 0.462 e. The van der Waals surface area contributed by atoms with Crippen LogP contribution in [0.4, 0.5) is 9.59 Å². The number of methoxy groups -OCH3 is 1. The highest BCUT2D eigenvalue weighted by Crippen LogP contribution is 2.34. The van der Waals surface area contributed by atoms with Crippen molar-refractivity contribution in [3.8, 4) is 0 Å². The van der Waals surface area contributed by atoms with Gasteiger partial charge in [0.2, 0.25) is 0 Å². The molecule has 2 saturated heterocycles. The van der Waals surface area contributed by atoms with Gasteiger partial charge in [-0.25, -0.2) is 9.59 Å². The smallest absolute Gasteiger partial charge is 0.404 e. The van der Waals surface area contributed by atoms with Crippen LogP contribution in [-0.4, -0.2) is 118 Å². The Labute approximate surface area is 507 Å². The summed E-state index contributed by atoms with van der Waals surface area (Å²) in [4.78, 5) is 47.3. The summed E-state index contributed by atoms with van der Waals surface area (Å²) in [6, 6.07) is 0. The fraction of sp³-hybridized carbons (Fsp3) is 0.765. The minimum atomic E-state index is -0.857. The Kier molecular flexibility index (Phi) is 35.8. The molecule has 0 unspecified atom stereocenters. The lowest BCUT2D eigenvalue weighted by Crippen LogP contribution is -2.48. The number of primary amides is 2. The molecule has 16 nitrogen and oxygen atoms in total. The lowest BCUT2D eigenvalue weighted by Gasteiger charge is -2.38. The van der Waals surface area contributed by atoms with Crippen molar-refractivity contribution >= 4 is 24.1 Å². The zero-order valence-electron chi connectivity index (χ0n) is 55.2. The van der Waals surface area contributed by atoms with E-state index in [1.165, 1.54) is 5.57 Å². The molecule has 2 aliphatic rings. The van der Waals surface area contributed by atoms with Crippen molar-refractivity contribution in [3.05, 3.63) is 71.9 Å². The number of aliphatic hydroxyl groups is 5. The van der Waals surface area contributed by atoms with Crippen LogP contribution < -0.4 is 11.5 Å². The fourth-order valence-corrected chi connectivity index (χ4v) is 12.3. The molecular weight excluding hydrogens is 1070 g/mol. The van der Waals surface area contributed by atoms with E-state index in [1.807, 2.05) is 126 Å². The molecule has 84 heavy (non-hydrogen) atoms. The van der Waals surface area contributed by atoms with E-state index in [0.29, 0.717) is 24.7 Å². The zero-order valence-corrected chi connectivity index (χ0v) is 55.2. The first-order valence-electron chi connectivity index (χ1n) is 31.4. The van der Waals surface area contributed by atoms with Gasteiger partial charge in [0.05, 0.1) is 48.5 Å². The van der Waals surface area contributed by atoms with Crippen LogP contribution in [0.25, 0.3) is 0 Å². The summed E-state index contributed by atoms with van der Waals surface area (Å²) in [5.41, 5.74) is 12.9. The molecule has 2 fully saturated rings. The highest BCUT2D eigenvalue weighted by atomic mass is 16.6. The molecule has 0 bridgehead atoms. The first-order valence-corrected chi connectivity index (χ1v) is 31.4. The number of ether oxygens (including phenoxy) is 5. The van der Waals surface area contributed by atoms with Crippen LogP contribution in [0, 0.1) is 88.8 Å². The molecule has 484 valence electrons. The van der Waals surface area contributed by atoms with Gasteiger partial charge in [-0.15, -0.1) is 0 Å². The van der Waals surface area contributed by atoms with E-state index in [9.17, 15) is 44.7 Å². The molecular formula is C68H118N2O14. The van der Waals surface area contributed by atoms with E-state index in [4.69, 9.17) is 35.2 Å². The first kappa shape index (κ1) is 77.7. The van der Waals surface area contributed by atoms with Crippen LogP contribution in [0.15, 0.2) is 71.9 Å². The second-order valence-electron chi connectivity index (χ2n) is 25.9. The average Bonchev–Trinajstić information content (AvgIpc) is 3.32. The van der Waals surface area contributed by atoms with Gasteiger partial charge in [-0.2, -0.15) is 0 Å². The molecule has 2 amide bonds. The predicted molar refractivity (Wildman–Crippen MR) is 335 cm³/mol. The van der Waals surface area contributed by atoms with Gasteiger partial charge >= 0.3 is 24.1 Å². The van der Waals surface area contributed by atoms with Gasteiger partial charge in [0.1, 0.15) is 24.4 Å². The minimum absolute atomic E-state index is 0.0307. The number of esters is 2. The summed E-state index contributed by atoms with van der Waals surface area (Å²) < 4.78 is 27.4. The molecule has 16 heteroatoms. The van der Waals surface area contributed by atoms with Crippen LogP contribution in [0.1, 0.15) is 176 Å². The number of carbonyl (C=O) groups excluding carboxylic acids is 4. The third-order valence-corrected chi connectivity index (χ3v) is 18.1. The van der Waals surface area contributed by atoms with Gasteiger partial charge < -0.3 is 60.7 Å². The van der Waals surface area contributed by atoms with Crippen LogP contribution in [-0.2, 0) is 33.3 Å². The van der Waals surface area contributed by atoms with Crippen molar-refractivity contribution in [2.45, 2.75) is 238 Å². The van der Waals surface area contributed by atoms with Crippen molar-refractivity contribution in [1.29, 1.82) is 0 Å². The van der Waals surface area contributed by atoms with Gasteiger partial charge in [0.15, 0.2) is 0 Å². The summed E-state index contributed by atoms with van der Waals surface area (Å²) >= 11 is 0. The van der Waals surface area contributed by atoms with Gasteiger partial charge in [0, 0.05) is 61.4 Å². The van der Waals surface area contributed by atoms with E-state index in [1.54, 1.807) is 26.2 Å². The Morgan fingerprint density at radius 3 is 1.40 bits per heavy atom. The molecule has 0 aliphatic carbocycles. The highest BCUT2D eigenvalue weighted by Gasteiger charge is 2.42. The number of cyclic esters (lactones) is 2. The molecule has 0 aromatic heterocycles. The van der Waals surface area contributed by atoms with E-state index >= 15 is 0 Å². The Morgan fingerprint density at radius 1 is 0.560 bits per heavy atom. The van der Waals surface area contributed by atoms with Crippen LogP contribution in [0.3, 0.4) is 0 Å². The van der Waals surface area contributed by atoms with Crippen LogP contribution in [0.2, 0.25) is 0 Å². The number of rotatable bonds is 33. The maximum atomic E-state index is 12.2. The maximum Gasteiger partial charge on any atom is 0.404 e. The molecule has 9 N–H and O–H groups in total. The van der Waals surface area contributed by atoms with Gasteiger partial charge in [-0.1, -0.05) is 183 Å². The third kappa shape index (κ3) is 26.3. The van der Waals surface area contributed by atoms with Crippen molar-refractivity contribution in [3.63, 3.8) is 0 Å².